The SMILES string of the molecule is CCN[C@H](CCO)C1CCNCC1. The van der Waals surface area contributed by atoms with Gasteiger partial charge in [0.05, 0.1) is 0 Å². The second-order valence-electron chi connectivity index (χ2n) is 3.76. The van der Waals surface area contributed by atoms with Crippen molar-refractivity contribution in [2.24, 2.45) is 5.92 Å². The van der Waals surface area contributed by atoms with Crippen LogP contribution in [0.1, 0.15) is 26.2 Å². The van der Waals surface area contributed by atoms with Crippen molar-refractivity contribution in [1.82, 2.24) is 10.6 Å². The second kappa shape index (κ2) is 6.35. The molecule has 0 amide bonds. The maximum atomic E-state index is 8.94. The van der Waals surface area contributed by atoms with Crippen LogP contribution < -0.4 is 10.6 Å². The molecule has 13 heavy (non-hydrogen) atoms. The van der Waals surface area contributed by atoms with Gasteiger partial charge in [-0.1, -0.05) is 6.92 Å². The lowest BCUT2D eigenvalue weighted by atomic mass is 9.88. The van der Waals surface area contributed by atoms with Crippen molar-refractivity contribution in [1.29, 1.82) is 0 Å². The van der Waals surface area contributed by atoms with Crippen molar-refractivity contribution >= 4 is 0 Å². The molecule has 1 aliphatic rings. The zero-order chi connectivity index (χ0) is 9.52. The molecule has 3 nitrogen and oxygen atoms in total. The zero-order valence-electron chi connectivity index (χ0n) is 8.55. The summed E-state index contributed by atoms with van der Waals surface area (Å²) in [6, 6.07) is 0.525. The lowest BCUT2D eigenvalue weighted by Gasteiger charge is -2.30. The highest BCUT2D eigenvalue weighted by atomic mass is 16.3. The fourth-order valence-electron chi connectivity index (χ4n) is 2.15. The number of aliphatic hydroxyl groups is 1. The third kappa shape index (κ3) is 3.63. The maximum absolute atomic E-state index is 8.94. The van der Waals surface area contributed by atoms with E-state index >= 15 is 0 Å². The van der Waals surface area contributed by atoms with Crippen LogP contribution in [0.3, 0.4) is 0 Å². The Kier molecular flexibility index (Phi) is 5.35. The van der Waals surface area contributed by atoms with E-state index in [2.05, 4.69) is 17.6 Å². The molecule has 0 unspecified atom stereocenters. The molecule has 1 rings (SSSR count). The fourth-order valence-corrected chi connectivity index (χ4v) is 2.15. The van der Waals surface area contributed by atoms with Gasteiger partial charge in [0.1, 0.15) is 0 Å². The van der Waals surface area contributed by atoms with E-state index in [4.69, 9.17) is 5.11 Å². The van der Waals surface area contributed by atoms with Crippen molar-refractivity contribution in [3.05, 3.63) is 0 Å². The van der Waals surface area contributed by atoms with Crippen molar-refractivity contribution in [2.75, 3.05) is 26.2 Å². The molecule has 0 spiro atoms. The Morgan fingerprint density at radius 2 is 2.15 bits per heavy atom. The summed E-state index contributed by atoms with van der Waals surface area (Å²) >= 11 is 0. The summed E-state index contributed by atoms with van der Waals surface area (Å²) in [4.78, 5) is 0. The average molecular weight is 186 g/mol. The Labute approximate surface area is 80.9 Å². The first kappa shape index (κ1) is 11.0. The summed E-state index contributed by atoms with van der Waals surface area (Å²) in [5.41, 5.74) is 0. The first-order chi connectivity index (χ1) is 6.38. The van der Waals surface area contributed by atoms with Gasteiger partial charge in [-0.2, -0.15) is 0 Å². The number of piperidine rings is 1. The van der Waals surface area contributed by atoms with E-state index in [-0.39, 0.29) is 0 Å². The third-order valence-corrected chi connectivity index (χ3v) is 2.86. The molecule has 0 aromatic carbocycles. The van der Waals surface area contributed by atoms with Gasteiger partial charge in [0.25, 0.3) is 0 Å². The van der Waals surface area contributed by atoms with Gasteiger partial charge in [0, 0.05) is 12.6 Å². The van der Waals surface area contributed by atoms with Gasteiger partial charge >= 0.3 is 0 Å². The van der Waals surface area contributed by atoms with E-state index in [0.717, 1.165) is 32.0 Å². The van der Waals surface area contributed by atoms with Crippen LogP contribution in [0, 0.1) is 5.92 Å². The molecular weight excluding hydrogens is 164 g/mol. The largest absolute Gasteiger partial charge is 0.396 e. The van der Waals surface area contributed by atoms with Crippen LogP contribution in [-0.4, -0.2) is 37.4 Å². The summed E-state index contributed by atoms with van der Waals surface area (Å²) in [5, 5.41) is 15.8. The lowest BCUT2D eigenvalue weighted by molar-refractivity contribution is 0.213. The van der Waals surface area contributed by atoms with Crippen LogP contribution in [-0.2, 0) is 0 Å². The Hall–Kier alpha value is -0.120. The molecule has 0 aromatic rings. The van der Waals surface area contributed by atoms with Crippen LogP contribution in [0.4, 0.5) is 0 Å². The fraction of sp³-hybridized carbons (Fsp3) is 1.00. The first-order valence-corrected chi connectivity index (χ1v) is 5.43. The molecule has 0 radical (unpaired) electrons. The number of hydrogen-bond acceptors (Lipinski definition) is 3. The highest BCUT2D eigenvalue weighted by Crippen LogP contribution is 2.18. The van der Waals surface area contributed by atoms with E-state index in [1.54, 1.807) is 0 Å². The van der Waals surface area contributed by atoms with Crippen LogP contribution in [0.5, 0.6) is 0 Å². The summed E-state index contributed by atoms with van der Waals surface area (Å²) in [6.45, 7) is 5.72. The van der Waals surface area contributed by atoms with Gasteiger partial charge in [0.15, 0.2) is 0 Å². The molecule has 1 saturated heterocycles. The van der Waals surface area contributed by atoms with Crippen LogP contribution in [0.15, 0.2) is 0 Å². The van der Waals surface area contributed by atoms with Gasteiger partial charge in [0.2, 0.25) is 0 Å². The zero-order valence-corrected chi connectivity index (χ0v) is 8.55. The number of aliphatic hydroxyl groups excluding tert-OH is 1. The number of nitrogens with one attached hydrogen (secondary N) is 2. The smallest absolute Gasteiger partial charge is 0.0445 e. The standard InChI is InChI=1S/C10H22N2O/c1-2-12-10(5-8-13)9-3-6-11-7-4-9/h9-13H,2-8H2,1H3/t10-/m1/s1. The molecule has 0 aromatic heterocycles. The van der Waals surface area contributed by atoms with Crippen molar-refractivity contribution in [3.8, 4) is 0 Å². The quantitative estimate of drug-likeness (QED) is 0.580. The van der Waals surface area contributed by atoms with E-state index in [9.17, 15) is 0 Å². The minimum absolute atomic E-state index is 0.307. The van der Waals surface area contributed by atoms with E-state index in [1.807, 2.05) is 0 Å². The summed E-state index contributed by atoms with van der Waals surface area (Å²) in [6.07, 6.45) is 3.40. The predicted octanol–water partition coefficient (Wildman–Crippen LogP) is 0.346. The van der Waals surface area contributed by atoms with E-state index < -0.39 is 0 Å². The Bertz CT molecular complexity index is 118. The molecular formula is C10H22N2O. The topological polar surface area (TPSA) is 44.3 Å². The molecule has 1 aliphatic heterocycles. The van der Waals surface area contributed by atoms with Gasteiger partial charge in [-0.15, -0.1) is 0 Å². The summed E-state index contributed by atoms with van der Waals surface area (Å²) in [5.74, 6) is 0.758. The molecule has 0 bridgehead atoms. The predicted molar refractivity (Wildman–Crippen MR) is 54.8 cm³/mol. The van der Waals surface area contributed by atoms with Crippen LogP contribution >= 0.6 is 0 Å². The molecule has 1 atom stereocenters. The normalized spacial score (nSPS) is 21.7. The first-order valence-electron chi connectivity index (χ1n) is 5.43. The Morgan fingerprint density at radius 3 is 2.69 bits per heavy atom. The second-order valence-corrected chi connectivity index (χ2v) is 3.76. The highest BCUT2D eigenvalue weighted by Gasteiger charge is 2.21. The minimum atomic E-state index is 0.307. The molecule has 0 saturated carbocycles. The van der Waals surface area contributed by atoms with Crippen molar-refractivity contribution < 1.29 is 5.11 Å². The summed E-state index contributed by atoms with van der Waals surface area (Å²) < 4.78 is 0. The average Bonchev–Trinajstić information content (AvgIpc) is 2.19. The summed E-state index contributed by atoms with van der Waals surface area (Å²) in [7, 11) is 0. The van der Waals surface area contributed by atoms with Crippen LogP contribution in [0.25, 0.3) is 0 Å². The van der Waals surface area contributed by atoms with Crippen molar-refractivity contribution in [2.45, 2.75) is 32.2 Å². The van der Waals surface area contributed by atoms with Gasteiger partial charge in [-0.05, 0) is 44.8 Å². The Balaban J connectivity index is 2.32. The molecule has 0 aliphatic carbocycles. The third-order valence-electron chi connectivity index (χ3n) is 2.86. The highest BCUT2D eigenvalue weighted by molar-refractivity contribution is 4.80. The minimum Gasteiger partial charge on any atom is -0.396 e. The Morgan fingerprint density at radius 1 is 1.46 bits per heavy atom. The van der Waals surface area contributed by atoms with Gasteiger partial charge in [-0.3, -0.25) is 0 Å². The van der Waals surface area contributed by atoms with Crippen molar-refractivity contribution in [3.63, 3.8) is 0 Å². The van der Waals surface area contributed by atoms with Gasteiger partial charge in [-0.25, -0.2) is 0 Å². The molecule has 3 heteroatoms. The number of hydrogen-bond donors (Lipinski definition) is 3. The van der Waals surface area contributed by atoms with Gasteiger partial charge < -0.3 is 15.7 Å². The molecule has 1 heterocycles. The lowest BCUT2D eigenvalue weighted by Crippen LogP contribution is -2.42. The monoisotopic (exact) mass is 186 g/mol. The number of rotatable bonds is 5. The molecule has 1 fully saturated rings. The van der Waals surface area contributed by atoms with E-state index in [1.165, 1.54) is 12.8 Å². The maximum Gasteiger partial charge on any atom is 0.0445 e. The molecule has 78 valence electrons. The van der Waals surface area contributed by atoms with E-state index in [0.29, 0.717) is 12.6 Å². The molecule has 3 N–H and O–H groups in total. The van der Waals surface area contributed by atoms with Crippen LogP contribution in [0.2, 0.25) is 0 Å².